The number of methoxy groups -OCH3 is 2. The highest BCUT2D eigenvalue weighted by atomic mass is 19.4. The lowest BCUT2D eigenvalue weighted by Crippen LogP contribution is -2.46. The van der Waals surface area contributed by atoms with Gasteiger partial charge in [-0.1, -0.05) is 6.92 Å². The second kappa shape index (κ2) is 9.14. The van der Waals surface area contributed by atoms with Crippen molar-refractivity contribution >= 4 is 17.8 Å². The van der Waals surface area contributed by atoms with Crippen LogP contribution >= 0.6 is 0 Å². The van der Waals surface area contributed by atoms with Crippen molar-refractivity contribution in [1.29, 1.82) is 0 Å². The van der Waals surface area contributed by atoms with Crippen LogP contribution in [0.15, 0.2) is 18.2 Å². The Labute approximate surface area is 161 Å². The van der Waals surface area contributed by atoms with Crippen LogP contribution in [0.2, 0.25) is 0 Å². The molecule has 0 heterocycles. The number of amides is 1. The van der Waals surface area contributed by atoms with Crippen LogP contribution in [0, 0.1) is 5.92 Å². The van der Waals surface area contributed by atoms with Crippen molar-refractivity contribution in [3.8, 4) is 0 Å². The van der Waals surface area contributed by atoms with E-state index in [0.717, 1.165) is 14.2 Å². The molecular weight excluding hydrogens is 412 g/mol. The predicted molar refractivity (Wildman–Crippen MR) is 85.5 cm³/mol. The van der Waals surface area contributed by atoms with Gasteiger partial charge in [-0.05, 0) is 24.1 Å². The molecular formula is C17H17F6NO5. The SMILES string of the molecule is COC(=O)C[C@@H](C)[C@@H](NC(=O)c1cc(C(F)(F)F)cc(C(F)(F)F)c1)C(=O)OC. The lowest BCUT2D eigenvalue weighted by molar-refractivity contribution is -0.147. The number of carbonyl (C=O) groups excluding carboxylic acids is 3. The average molecular weight is 429 g/mol. The molecule has 0 aliphatic heterocycles. The smallest absolute Gasteiger partial charge is 0.416 e. The van der Waals surface area contributed by atoms with E-state index in [1.165, 1.54) is 6.92 Å². The van der Waals surface area contributed by atoms with Crippen LogP contribution in [-0.4, -0.2) is 38.1 Å². The number of hydrogen-bond donors (Lipinski definition) is 1. The molecule has 12 heteroatoms. The summed E-state index contributed by atoms with van der Waals surface area (Å²) in [6.07, 6.45) is -10.7. The second-order valence-electron chi connectivity index (χ2n) is 6.03. The van der Waals surface area contributed by atoms with Gasteiger partial charge in [0.05, 0.1) is 31.8 Å². The lowest BCUT2D eigenvalue weighted by Gasteiger charge is -2.22. The molecule has 0 fully saturated rings. The number of esters is 2. The summed E-state index contributed by atoms with van der Waals surface area (Å²) in [5.74, 6) is -4.10. The molecule has 0 unspecified atom stereocenters. The molecule has 1 N–H and O–H groups in total. The highest BCUT2D eigenvalue weighted by molar-refractivity contribution is 5.97. The third kappa shape index (κ3) is 6.64. The largest absolute Gasteiger partial charge is 0.469 e. The minimum atomic E-state index is -5.14. The maximum atomic E-state index is 12.9. The van der Waals surface area contributed by atoms with Crippen LogP contribution in [0.4, 0.5) is 26.3 Å². The first-order chi connectivity index (χ1) is 13.2. The van der Waals surface area contributed by atoms with Crippen LogP contribution in [0.3, 0.4) is 0 Å². The van der Waals surface area contributed by atoms with E-state index < -0.39 is 58.8 Å². The molecule has 0 bridgehead atoms. The number of rotatable bonds is 6. The fraction of sp³-hybridized carbons (Fsp3) is 0.471. The summed E-state index contributed by atoms with van der Waals surface area (Å²) in [6, 6.07) is -1.20. The van der Waals surface area contributed by atoms with E-state index in [9.17, 15) is 40.7 Å². The molecule has 0 aromatic heterocycles. The third-order valence-electron chi connectivity index (χ3n) is 3.88. The molecule has 0 aliphatic rings. The van der Waals surface area contributed by atoms with Gasteiger partial charge in [-0.2, -0.15) is 26.3 Å². The van der Waals surface area contributed by atoms with E-state index in [-0.39, 0.29) is 24.6 Å². The van der Waals surface area contributed by atoms with Crippen molar-refractivity contribution in [3.63, 3.8) is 0 Å². The van der Waals surface area contributed by atoms with E-state index in [1.807, 2.05) is 5.32 Å². The molecule has 29 heavy (non-hydrogen) atoms. The molecule has 0 aliphatic carbocycles. The topological polar surface area (TPSA) is 81.7 Å². The van der Waals surface area contributed by atoms with Gasteiger partial charge in [0.1, 0.15) is 6.04 Å². The molecule has 1 aromatic rings. The maximum absolute atomic E-state index is 12.9. The first-order valence-corrected chi connectivity index (χ1v) is 7.95. The molecule has 0 saturated carbocycles. The van der Waals surface area contributed by atoms with E-state index in [4.69, 9.17) is 0 Å². The Kier molecular flexibility index (Phi) is 7.64. The lowest BCUT2D eigenvalue weighted by atomic mass is 9.97. The normalized spacial score (nSPS) is 14.0. The van der Waals surface area contributed by atoms with Crippen molar-refractivity contribution < 1.29 is 50.2 Å². The van der Waals surface area contributed by atoms with Gasteiger partial charge in [-0.15, -0.1) is 0 Å². The number of nitrogens with one attached hydrogen (secondary N) is 1. The quantitative estimate of drug-likeness (QED) is 0.555. The number of benzene rings is 1. The van der Waals surface area contributed by atoms with Crippen molar-refractivity contribution in [2.45, 2.75) is 31.7 Å². The molecule has 162 valence electrons. The Morgan fingerprint density at radius 1 is 0.931 bits per heavy atom. The Bertz CT molecular complexity index is 742. The molecule has 0 radical (unpaired) electrons. The molecule has 1 aromatic carbocycles. The van der Waals surface area contributed by atoms with Crippen LogP contribution in [0.1, 0.15) is 34.8 Å². The van der Waals surface area contributed by atoms with Crippen LogP contribution in [-0.2, 0) is 31.4 Å². The predicted octanol–water partition coefficient (Wildman–Crippen LogP) is 3.19. The van der Waals surface area contributed by atoms with Gasteiger partial charge >= 0.3 is 24.3 Å². The molecule has 2 atom stereocenters. The zero-order chi connectivity index (χ0) is 22.6. The van der Waals surface area contributed by atoms with Gasteiger partial charge in [0.2, 0.25) is 0 Å². The van der Waals surface area contributed by atoms with Gasteiger partial charge in [-0.3, -0.25) is 9.59 Å². The average Bonchev–Trinajstić information content (AvgIpc) is 2.63. The van der Waals surface area contributed by atoms with Crippen LogP contribution < -0.4 is 5.32 Å². The zero-order valence-electron chi connectivity index (χ0n) is 15.4. The van der Waals surface area contributed by atoms with Crippen molar-refractivity contribution in [2.75, 3.05) is 14.2 Å². The number of alkyl halides is 6. The Balaban J connectivity index is 3.29. The summed E-state index contributed by atoms with van der Waals surface area (Å²) in [5.41, 5.74) is -4.34. The fourth-order valence-corrected chi connectivity index (χ4v) is 2.34. The van der Waals surface area contributed by atoms with Gasteiger partial charge in [0.15, 0.2) is 0 Å². The van der Waals surface area contributed by atoms with E-state index in [1.54, 1.807) is 0 Å². The molecule has 0 saturated heterocycles. The Morgan fingerprint density at radius 2 is 1.41 bits per heavy atom. The summed E-state index contributed by atoms with van der Waals surface area (Å²) in [4.78, 5) is 35.6. The minimum absolute atomic E-state index is 0.131. The summed E-state index contributed by atoms with van der Waals surface area (Å²) in [6.45, 7) is 1.34. The van der Waals surface area contributed by atoms with Gasteiger partial charge < -0.3 is 14.8 Å². The summed E-state index contributed by atoms with van der Waals surface area (Å²) in [5, 5.41) is 2.01. The highest BCUT2D eigenvalue weighted by Gasteiger charge is 2.38. The first-order valence-electron chi connectivity index (χ1n) is 7.95. The molecule has 1 rings (SSSR count). The summed E-state index contributed by atoms with van der Waals surface area (Å²) >= 11 is 0. The second-order valence-corrected chi connectivity index (χ2v) is 6.03. The molecule has 0 spiro atoms. The fourth-order valence-electron chi connectivity index (χ4n) is 2.34. The number of hydrogen-bond acceptors (Lipinski definition) is 5. The summed E-state index contributed by atoms with van der Waals surface area (Å²) < 4.78 is 86.5. The van der Waals surface area contributed by atoms with Gasteiger partial charge in [-0.25, -0.2) is 4.79 Å². The van der Waals surface area contributed by atoms with Crippen molar-refractivity contribution in [2.24, 2.45) is 5.92 Å². The Hall–Kier alpha value is -2.79. The van der Waals surface area contributed by atoms with E-state index in [0.29, 0.717) is 0 Å². The van der Waals surface area contributed by atoms with Crippen molar-refractivity contribution in [1.82, 2.24) is 5.32 Å². The van der Waals surface area contributed by atoms with E-state index >= 15 is 0 Å². The van der Waals surface area contributed by atoms with Gasteiger partial charge in [0, 0.05) is 5.56 Å². The van der Waals surface area contributed by atoms with Crippen molar-refractivity contribution in [3.05, 3.63) is 34.9 Å². The van der Waals surface area contributed by atoms with Crippen LogP contribution in [0.25, 0.3) is 0 Å². The summed E-state index contributed by atoms with van der Waals surface area (Å²) in [7, 11) is 2.03. The molecule has 1 amide bonds. The van der Waals surface area contributed by atoms with Gasteiger partial charge in [0.25, 0.3) is 5.91 Å². The van der Waals surface area contributed by atoms with E-state index in [2.05, 4.69) is 9.47 Å². The third-order valence-corrected chi connectivity index (χ3v) is 3.88. The standard InChI is InChI=1S/C17H17F6NO5/c1-8(4-12(25)28-2)13(15(27)29-3)24-14(26)9-5-10(16(18,19)20)7-11(6-9)17(21,22)23/h5-8,13H,4H2,1-3H3,(H,24,26)/t8-,13-/m1/s1. The number of ether oxygens (including phenoxy) is 2. The Morgan fingerprint density at radius 3 is 1.79 bits per heavy atom. The minimum Gasteiger partial charge on any atom is -0.469 e. The monoisotopic (exact) mass is 429 g/mol. The highest BCUT2D eigenvalue weighted by Crippen LogP contribution is 2.36. The maximum Gasteiger partial charge on any atom is 0.416 e. The zero-order valence-corrected chi connectivity index (χ0v) is 15.4. The van der Waals surface area contributed by atoms with Crippen LogP contribution in [0.5, 0.6) is 0 Å². The number of halogens is 6. The molecule has 6 nitrogen and oxygen atoms in total. The number of carbonyl (C=O) groups is 3. The first kappa shape index (κ1) is 24.2.